The summed E-state index contributed by atoms with van der Waals surface area (Å²) >= 11 is 0. The minimum atomic E-state index is -0.0306. The molecule has 2 rings (SSSR count). The maximum Gasteiger partial charge on any atom is 0.254 e. The van der Waals surface area contributed by atoms with Gasteiger partial charge in [0.05, 0.1) is 12.2 Å². The van der Waals surface area contributed by atoms with Crippen LogP contribution >= 0.6 is 0 Å². The molecule has 1 amide bonds. The molecule has 2 N–H and O–H groups in total. The molecule has 1 aromatic rings. The predicted molar refractivity (Wildman–Crippen MR) is 69.6 cm³/mol. The number of amides is 1. The van der Waals surface area contributed by atoms with E-state index in [0.717, 1.165) is 6.54 Å². The molecule has 0 radical (unpaired) electrons. The van der Waals surface area contributed by atoms with E-state index in [2.05, 4.69) is 10.9 Å². The second kappa shape index (κ2) is 5.65. The topological polar surface area (TPSA) is 59.2 Å². The smallest absolute Gasteiger partial charge is 0.254 e. The summed E-state index contributed by atoms with van der Waals surface area (Å²) in [5.41, 5.74) is 6.85. The van der Waals surface area contributed by atoms with Gasteiger partial charge in [-0.25, -0.2) is 0 Å². The highest BCUT2D eigenvalue weighted by Crippen LogP contribution is 2.30. The zero-order valence-corrected chi connectivity index (χ0v) is 10.3. The summed E-state index contributed by atoms with van der Waals surface area (Å²) in [6.07, 6.45) is 9.32. The Morgan fingerprint density at radius 2 is 2.39 bits per heavy atom. The fourth-order valence-corrected chi connectivity index (χ4v) is 1.85. The van der Waals surface area contributed by atoms with E-state index in [1.807, 2.05) is 0 Å². The van der Waals surface area contributed by atoms with E-state index in [-0.39, 0.29) is 5.91 Å². The van der Waals surface area contributed by atoms with Crippen molar-refractivity contribution in [3.8, 4) is 12.3 Å². The van der Waals surface area contributed by atoms with Crippen molar-refractivity contribution in [2.75, 3.05) is 13.1 Å². The molecule has 0 atom stereocenters. The number of carbonyl (C=O) groups excluding carboxylic acids is 1. The lowest BCUT2D eigenvalue weighted by Crippen LogP contribution is -2.33. The highest BCUT2D eigenvalue weighted by Gasteiger charge is 2.26. The molecule has 0 saturated heterocycles. The maximum absolute atomic E-state index is 12.3. The van der Waals surface area contributed by atoms with Crippen molar-refractivity contribution < 1.29 is 4.79 Å². The molecular weight excluding hydrogens is 226 g/mol. The lowest BCUT2D eigenvalue weighted by molar-refractivity contribution is 0.0769. The third kappa shape index (κ3) is 3.08. The highest BCUT2D eigenvalue weighted by molar-refractivity contribution is 5.94. The van der Waals surface area contributed by atoms with Crippen LogP contribution in [-0.4, -0.2) is 28.9 Å². The summed E-state index contributed by atoms with van der Waals surface area (Å²) < 4.78 is 0. The molecule has 1 fully saturated rings. The first-order valence-corrected chi connectivity index (χ1v) is 6.12. The molecule has 1 saturated carbocycles. The van der Waals surface area contributed by atoms with Gasteiger partial charge in [-0.1, -0.05) is 5.92 Å². The second-order valence-electron chi connectivity index (χ2n) is 4.57. The molecule has 1 heterocycles. The van der Waals surface area contributed by atoms with Crippen molar-refractivity contribution in [2.45, 2.75) is 19.4 Å². The van der Waals surface area contributed by atoms with Crippen molar-refractivity contribution in [3.63, 3.8) is 0 Å². The van der Waals surface area contributed by atoms with Crippen molar-refractivity contribution in [1.82, 2.24) is 9.88 Å². The SMILES string of the molecule is C#CCN(CC1CC1)C(=O)c1ccnc(CN)c1. The first kappa shape index (κ1) is 12.6. The third-order valence-electron chi connectivity index (χ3n) is 3.02. The van der Waals surface area contributed by atoms with Gasteiger partial charge in [0, 0.05) is 24.8 Å². The van der Waals surface area contributed by atoms with Crippen LogP contribution in [0.25, 0.3) is 0 Å². The summed E-state index contributed by atoms with van der Waals surface area (Å²) in [4.78, 5) is 18.1. The Balaban J connectivity index is 2.12. The van der Waals surface area contributed by atoms with E-state index in [4.69, 9.17) is 12.2 Å². The maximum atomic E-state index is 12.3. The van der Waals surface area contributed by atoms with Gasteiger partial charge in [-0.2, -0.15) is 0 Å². The molecule has 1 aliphatic rings. The summed E-state index contributed by atoms with van der Waals surface area (Å²) in [5, 5.41) is 0. The van der Waals surface area contributed by atoms with Gasteiger partial charge >= 0.3 is 0 Å². The zero-order valence-electron chi connectivity index (χ0n) is 10.3. The van der Waals surface area contributed by atoms with Gasteiger partial charge in [0.2, 0.25) is 0 Å². The average Bonchev–Trinajstić information content (AvgIpc) is 3.21. The number of pyridine rings is 1. The van der Waals surface area contributed by atoms with Crippen LogP contribution in [0.5, 0.6) is 0 Å². The van der Waals surface area contributed by atoms with E-state index in [1.54, 1.807) is 23.2 Å². The first-order chi connectivity index (χ1) is 8.74. The van der Waals surface area contributed by atoms with Crippen LogP contribution in [0.15, 0.2) is 18.3 Å². The molecule has 0 bridgehead atoms. The number of hydrogen-bond donors (Lipinski definition) is 1. The van der Waals surface area contributed by atoms with Crippen LogP contribution < -0.4 is 5.73 Å². The van der Waals surface area contributed by atoms with Crippen molar-refractivity contribution >= 4 is 5.91 Å². The molecule has 0 aliphatic heterocycles. The number of nitrogens with zero attached hydrogens (tertiary/aromatic N) is 2. The molecule has 0 aromatic carbocycles. The van der Waals surface area contributed by atoms with Crippen LogP contribution in [0, 0.1) is 18.3 Å². The Morgan fingerprint density at radius 1 is 1.61 bits per heavy atom. The number of nitrogens with two attached hydrogens (primary N) is 1. The molecule has 1 aromatic heterocycles. The Labute approximate surface area is 107 Å². The molecule has 94 valence electrons. The van der Waals surface area contributed by atoms with E-state index in [0.29, 0.717) is 30.3 Å². The quantitative estimate of drug-likeness (QED) is 0.786. The van der Waals surface area contributed by atoms with Gasteiger partial charge in [0.1, 0.15) is 0 Å². The molecule has 4 nitrogen and oxygen atoms in total. The first-order valence-electron chi connectivity index (χ1n) is 6.12. The summed E-state index contributed by atoms with van der Waals surface area (Å²) in [7, 11) is 0. The monoisotopic (exact) mass is 243 g/mol. The zero-order chi connectivity index (χ0) is 13.0. The van der Waals surface area contributed by atoms with Gasteiger partial charge in [-0.15, -0.1) is 6.42 Å². The van der Waals surface area contributed by atoms with Crippen LogP contribution in [0.4, 0.5) is 0 Å². The fraction of sp³-hybridized carbons (Fsp3) is 0.429. The van der Waals surface area contributed by atoms with E-state index >= 15 is 0 Å². The van der Waals surface area contributed by atoms with Crippen LogP contribution in [-0.2, 0) is 6.54 Å². The van der Waals surface area contributed by atoms with Crippen molar-refractivity contribution in [1.29, 1.82) is 0 Å². The van der Waals surface area contributed by atoms with Crippen LogP contribution in [0.1, 0.15) is 28.9 Å². The number of aromatic nitrogens is 1. The Kier molecular flexibility index (Phi) is 3.96. The lowest BCUT2D eigenvalue weighted by Gasteiger charge is -2.20. The average molecular weight is 243 g/mol. The standard InChI is InChI=1S/C14H17N3O/c1-2-7-17(10-11-3-4-11)14(18)12-5-6-16-13(8-12)9-15/h1,5-6,8,11H,3-4,7,9-10,15H2. The molecule has 0 unspecified atom stereocenters. The van der Waals surface area contributed by atoms with E-state index in [1.165, 1.54) is 12.8 Å². The lowest BCUT2D eigenvalue weighted by atomic mass is 10.2. The van der Waals surface area contributed by atoms with Gasteiger partial charge in [-0.05, 0) is 30.9 Å². The van der Waals surface area contributed by atoms with Crippen molar-refractivity contribution in [3.05, 3.63) is 29.6 Å². The number of rotatable bonds is 5. The molecule has 18 heavy (non-hydrogen) atoms. The van der Waals surface area contributed by atoms with Gasteiger partial charge in [0.15, 0.2) is 0 Å². The predicted octanol–water partition coefficient (Wildman–Crippen LogP) is 1.03. The molecule has 4 heteroatoms. The fourth-order valence-electron chi connectivity index (χ4n) is 1.85. The normalized spacial score (nSPS) is 14.0. The molecular formula is C14H17N3O. The third-order valence-corrected chi connectivity index (χ3v) is 3.02. The van der Waals surface area contributed by atoms with Gasteiger partial charge < -0.3 is 10.6 Å². The van der Waals surface area contributed by atoms with Gasteiger partial charge in [-0.3, -0.25) is 9.78 Å². The molecule has 0 spiro atoms. The van der Waals surface area contributed by atoms with E-state index in [9.17, 15) is 4.79 Å². The summed E-state index contributed by atoms with van der Waals surface area (Å²) in [6.45, 7) is 1.44. The van der Waals surface area contributed by atoms with Gasteiger partial charge in [0.25, 0.3) is 5.91 Å². The van der Waals surface area contributed by atoms with Crippen molar-refractivity contribution in [2.24, 2.45) is 11.7 Å². The number of carbonyl (C=O) groups is 1. The second-order valence-corrected chi connectivity index (χ2v) is 4.57. The minimum Gasteiger partial charge on any atom is -0.327 e. The van der Waals surface area contributed by atoms with Crippen LogP contribution in [0.2, 0.25) is 0 Å². The van der Waals surface area contributed by atoms with Crippen LogP contribution in [0.3, 0.4) is 0 Å². The Morgan fingerprint density at radius 3 is 3.00 bits per heavy atom. The number of hydrogen-bond acceptors (Lipinski definition) is 3. The highest BCUT2D eigenvalue weighted by atomic mass is 16.2. The summed E-state index contributed by atoms with van der Waals surface area (Å²) in [5.74, 6) is 3.14. The Bertz CT molecular complexity index is 474. The minimum absolute atomic E-state index is 0.0306. The largest absolute Gasteiger partial charge is 0.327 e. The number of terminal acetylenes is 1. The van der Waals surface area contributed by atoms with E-state index < -0.39 is 0 Å². The molecule has 1 aliphatic carbocycles. The Hall–Kier alpha value is -1.86. The summed E-state index contributed by atoms with van der Waals surface area (Å²) in [6, 6.07) is 3.44.